The van der Waals surface area contributed by atoms with Crippen LogP contribution in [0.3, 0.4) is 0 Å². The molecule has 0 radical (unpaired) electrons. The highest BCUT2D eigenvalue weighted by Gasteiger charge is 2.14. The summed E-state index contributed by atoms with van der Waals surface area (Å²) in [5, 5.41) is 2.04. The summed E-state index contributed by atoms with van der Waals surface area (Å²) in [4.78, 5) is 1.17. The van der Waals surface area contributed by atoms with Crippen molar-refractivity contribution in [1.29, 1.82) is 0 Å². The molecule has 0 saturated heterocycles. The van der Waals surface area contributed by atoms with Crippen molar-refractivity contribution in [3.8, 4) is 5.75 Å². The highest BCUT2D eigenvalue weighted by atomic mass is 79.9. The number of rotatable bonds is 4. The van der Waals surface area contributed by atoms with Gasteiger partial charge in [-0.15, -0.1) is 11.3 Å². The molecule has 1 aromatic carbocycles. The molecule has 0 spiro atoms. The lowest BCUT2D eigenvalue weighted by molar-refractivity contribution is 0.414. The first-order chi connectivity index (χ1) is 8.61. The van der Waals surface area contributed by atoms with Crippen LogP contribution in [0.2, 0.25) is 0 Å². The SMILES string of the molecule is COc1ccc(Br)c(CC(N)c2sccc2Br)c1. The van der Waals surface area contributed by atoms with Crippen molar-refractivity contribution in [1.82, 2.24) is 0 Å². The maximum absolute atomic E-state index is 6.25. The minimum Gasteiger partial charge on any atom is -0.497 e. The van der Waals surface area contributed by atoms with Crippen LogP contribution in [0.4, 0.5) is 0 Å². The predicted octanol–water partition coefficient (Wildman–Crippen LogP) is 4.52. The average molecular weight is 391 g/mol. The zero-order chi connectivity index (χ0) is 13.1. The van der Waals surface area contributed by atoms with E-state index in [1.165, 1.54) is 4.88 Å². The number of hydrogen-bond acceptors (Lipinski definition) is 3. The van der Waals surface area contributed by atoms with Crippen LogP contribution in [0.15, 0.2) is 38.6 Å². The van der Waals surface area contributed by atoms with E-state index in [0.29, 0.717) is 0 Å². The Morgan fingerprint density at radius 2 is 2.06 bits per heavy atom. The molecule has 0 amide bonds. The molecule has 0 fully saturated rings. The Kier molecular flexibility index (Phi) is 4.84. The molecular formula is C13H13Br2NOS. The third-order valence-electron chi connectivity index (χ3n) is 2.67. The van der Waals surface area contributed by atoms with Gasteiger partial charge >= 0.3 is 0 Å². The Morgan fingerprint density at radius 1 is 1.28 bits per heavy atom. The topological polar surface area (TPSA) is 35.2 Å². The van der Waals surface area contributed by atoms with E-state index >= 15 is 0 Å². The number of methoxy groups -OCH3 is 1. The molecule has 0 aliphatic heterocycles. The van der Waals surface area contributed by atoms with E-state index in [4.69, 9.17) is 10.5 Å². The summed E-state index contributed by atoms with van der Waals surface area (Å²) in [7, 11) is 1.67. The molecule has 18 heavy (non-hydrogen) atoms. The van der Waals surface area contributed by atoms with Gasteiger partial charge in [0.2, 0.25) is 0 Å². The molecule has 2 nitrogen and oxygen atoms in total. The summed E-state index contributed by atoms with van der Waals surface area (Å²) in [6, 6.07) is 7.96. The molecule has 2 rings (SSSR count). The molecule has 1 aromatic heterocycles. The lowest BCUT2D eigenvalue weighted by atomic mass is 10.1. The molecule has 1 heterocycles. The van der Waals surface area contributed by atoms with Gasteiger partial charge in [-0.1, -0.05) is 15.9 Å². The van der Waals surface area contributed by atoms with Gasteiger partial charge in [0, 0.05) is 19.9 Å². The Morgan fingerprint density at radius 3 is 2.67 bits per heavy atom. The Hall–Kier alpha value is -0.360. The van der Waals surface area contributed by atoms with Crippen LogP contribution in [0.25, 0.3) is 0 Å². The third-order valence-corrected chi connectivity index (χ3v) is 5.45. The highest BCUT2D eigenvalue weighted by Crippen LogP contribution is 2.32. The van der Waals surface area contributed by atoms with Crippen molar-refractivity contribution in [3.63, 3.8) is 0 Å². The standard InChI is InChI=1S/C13H13Br2NOS/c1-17-9-2-3-10(14)8(6-9)7-12(16)13-11(15)4-5-18-13/h2-6,12H,7,16H2,1H3. The van der Waals surface area contributed by atoms with Crippen LogP contribution in [0, 0.1) is 0 Å². The van der Waals surface area contributed by atoms with E-state index in [9.17, 15) is 0 Å². The largest absolute Gasteiger partial charge is 0.497 e. The molecule has 0 aliphatic carbocycles. The first-order valence-electron chi connectivity index (χ1n) is 5.42. The van der Waals surface area contributed by atoms with Gasteiger partial charge in [-0.3, -0.25) is 0 Å². The number of ether oxygens (including phenoxy) is 1. The van der Waals surface area contributed by atoms with Crippen LogP contribution in [-0.2, 0) is 6.42 Å². The second-order valence-electron chi connectivity index (χ2n) is 3.90. The number of benzene rings is 1. The molecule has 0 bridgehead atoms. The zero-order valence-electron chi connectivity index (χ0n) is 9.82. The second-order valence-corrected chi connectivity index (χ2v) is 6.56. The van der Waals surface area contributed by atoms with Gasteiger partial charge in [-0.2, -0.15) is 0 Å². The fourth-order valence-electron chi connectivity index (χ4n) is 1.73. The summed E-state index contributed by atoms with van der Waals surface area (Å²) < 4.78 is 7.38. The van der Waals surface area contributed by atoms with E-state index < -0.39 is 0 Å². The Labute approximate surface area is 127 Å². The van der Waals surface area contributed by atoms with Gasteiger partial charge < -0.3 is 10.5 Å². The van der Waals surface area contributed by atoms with E-state index in [-0.39, 0.29) is 6.04 Å². The average Bonchev–Trinajstić information content (AvgIpc) is 2.78. The zero-order valence-corrected chi connectivity index (χ0v) is 13.8. The number of hydrogen-bond donors (Lipinski definition) is 1. The summed E-state index contributed by atoms with van der Waals surface area (Å²) in [5.74, 6) is 0.852. The van der Waals surface area contributed by atoms with Crippen LogP contribution in [0.5, 0.6) is 5.75 Å². The molecule has 1 atom stereocenters. The van der Waals surface area contributed by atoms with Crippen molar-refractivity contribution >= 4 is 43.2 Å². The smallest absolute Gasteiger partial charge is 0.119 e. The first kappa shape index (κ1) is 14.1. The number of thiophene rings is 1. The quantitative estimate of drug-likeness (QED) is 0.832. The van der Waals surface area contributed by atoms with E-state index in [2.05, 4.69) is 31.9 Å². The first-order valence-corrected chi connectivity index (χ1v) is 7.89. The van der Waals surface area contributed by atoms with Gasteiger partial charge in [0.1, 0.15) is 5.75 Å². The summed E-state index contributed by atoms with van der Waals surface area (Å²) in [6.07, 6.45) is 0.775. The molecule has 96 valence electrons. The van der Waals surface area contributed by atoms with Gasteiger partial charge in [-0.25, -0.2) is 0 Å². The van der Waals surface area contributed by atoms with Crippen molar-refractivity contribution in [3.05, 3.63) is 49.0 Å². The maximum atomic E-state index is 6.25. The normalized spacial score (nSPS) is 12.4. The fraction of sp³-hybridized carbons (Fsp3) is 0.231. The number of halogens is 2. The monoisotopic (exact) mass is 389 g/mol. The fourth-order valence-corrected chi connectivity index (χ4v) is 3.81. The molecular weight excluding hydrogens is 378 g/mol. The maximum Gasteiger partial charge on any atom is 0.119 e. The molecule has 5 heteroatoms. The van der Waals surface area contributed by atoms with Gasteiger partial charge in [0.25, 0.3) is 0 Å². The predicted molar refractivity (Wildman–Crippen MR) is 83.3 cm³/mol. The lowest BCUT2D eigenvalue weighted by Crippen LogP contribution is -2.12. The third kappa shape index (κ3) is 3.15. The van der Waals surface area contributed by atoms with Crippen LogP contribution < -0.4 is 10.5 Å². The van der Waals surface area contributed by atoms with Crippen LogP contribution >= 0.6 is 43.2 Å². The Balaban J connectivity index is 2.21. The van der Waals surface area contributed by atoms with Crippen molar-refractivity contribution in [2.45, 2.75) is 12.5 Å². The lowest BCUT2D eigenvalue weighted by Gasteiger charge is -2.13. The van der Waals surface area contributed by atoms with Gasteiger partial charge in [0.15, 0.2) is 0 Å². The summed E-state index contributed by atoms with van der Waals surface area (Å²) in [5.41, 5.74) is 7.41. The minimum atomic E-state index is -0.0113. The molecule has 2 aromatic rings. The second kappa shape index (κ2) is 6.19. The van der Waals surface area contributed by atoms with Crippen LogP contribution in [0.1, 0.15) is 16.5 Å². The molecule has 0 saturated carbocycles. The molecule has 0 aliphatic rings. The van der Waals surface area contributed by atoms with Crippen molar-refractivity contribution in [2.75, 3.05) is 7.11 Å². The van der Waals surface area contributed by atoms with Gasteiger partial charge in [-0.05, 0) is 57.6 Å². The van der Waals surface area contributed by atoms with Gasteiger partial charge in [0.05, 0.1) is 7.11 Å². The van der Waals surface area contributed by atoms with E-state index in [0.717, 1.165) is 26.7 Å². The van der Waals surface area contributed by atoms with E-state index in [1.807, 2.05) is 29.6 Å². The van der Waals surface area contributed by atoms with E-state index in [1.54, 1.807) is 18.4 Å². The van der Waals surface area contributed by atoms with Crippen molar-refractivity contribution in [2.24, 2.45) is 5.73 Å². The minimum absolute atomic E-state index is 0.0113. The van der Waals surface area contributed by atoms with Crippen molar-refractivity contribution < 1.29 is 4.74 Å². The highest BCUT2D eigenvalue weighted by molar-refractivity contribution is 9.10. The summed E-state index contributed by atoms with van der Waals surface area (Å²) >= 11 is 8.75. The number of nitrogens with two attached hydrogens (primary N) is 1. The molecule has 2 N–H and O–H groups in total. The summed E-state index contributed by atoms with van der Waals surface area (Å²) in [6.45, 7) is 0. The molecule has 1 unspecified atom stereocenters. The van der Waals surface area contributed by atoms with Crippen LogP contribution in [-0.4, -0.2) is 7.11 Å². The Bertz CT molecular complexity index is 542.